The predicted molar refractivity (Wildman–Crippen MR) is 79.5 cm³/mol. The van der Waals surface area contributed by atoms with E-state index in [4.69, 9.17) is 12.2 Å². The van der Waals surface area contributed by atoms with E-state index in [1.54, 1.807) is 0 Å². The fourth-order valence-corrected chi connectivity index (χ4v) is 2.80. The van der Waals surface area contributed by atoms with Crippen molar-refractivity contribution in [2.24, 2.45) is 0 Å². The summed E-state index contributed by atoms with van der Waals surface area (Å²) in [6.45, 7) is 1.41. The van der Waals surface area contributed by atoms with Crippen molar-refractivity contribution in [2.75, 3.05) is 4.72 Å². The Morgan fingerprint density at radius 2 is 1.86 bits per heavy atom. The quantitative estimate of drug-likeness (QED) is 0.581. The average Bonchev–Trinajstić information content (AvgIpc) is 2.38. The highest BCUT2D eigenvalue weighted by atomic mass is 32.2. The van der Waals surface area contributed by atoms with Crippen molar-refractivity contribution in [3.63, 3.8) is 0 Å². The molecule has 7 nitrogen and oxygen atoms in total. The van der Waals surface area contributed by atoms with Gasteiger partial charge in [0.2, 0.25) is 0 Å². The van der Waals surface area contributed by atoms with Crippen LogP contribution in [0.5, 0.6) is 0 Å². The van der Waals surface area contributed by atoms with Gasteiger partial charge in [-0.05, 0) is 43.4 Å². The number of carbonyl (C=O) groups is 1. The number of nitrogens with one attached hydrogen (secondary N) is 3. The third-order valence-corrected chi connectivity index (χ3v) is 4.22. The van der Waals surface area contributed by atoms with Crippen LogP contribution in [0.1, 0.15) is 17.3 Å². The fourth-order valence-electron chi connectivity index (χ4n) is 1.58. The number of aromatic amines is 2. The monoisotopic (exact) mass is 325 g/mol. The number of rotatable bonds is 4. The number of ketones is 1. The fraction of sp³-hybridized carbons (Fsp3) is 0.0833. The molecule has 0 unspecified atom stereocenters. The Labute approximate surface area is 125 Å². The lowest BCUT2D eigenvalue weighted by molar-refractivity contribution is 0.101. The van der Waals surface area contributed by atoms with Crippen molar-refractivity contribution in [1.29, 1.82) is 0 Å². The second kappa shape index (κ2) is 5.62. The van der Waals surface area contributed by atoms with E-state index in [1.165, 1.54) is 31.2 Å². The first kappa shape index (κ1) is 15.1. The normalized spacial score (nSPS) is 11.1. The minimum absolute atomic E-state index is 0.0322. The van der Waals surface area contributed by atoms with E-state index in [0.717, 1.165) is 6.20 Å². The zero-order valence-corrected chi connectivity index (χ0v) is 12.5. The van der Waals surface area contributed by atoms with E-state index in [0.29, 0.717) is 5.56 Å². The van der Waals surface area contributed by atoms with Gasteiger partial charge in [-0.15, -0.1) is 0 Å². The molecule has 0 spiro atoms. The lowest BCUT2D eigenvalue weighted by Gasteiger charge is -2.07. The molecule has 0 saturated carbocycles. The van der Waals surface area contributed by atoms with Gasteiger partial charge in [0, 0.05) is 17.4 Å². The van der Waals surface area contributed by atoms with Gasteiger partial charge in [-0.1, -0.05) is 0 Å². The van der Waals surface area contributed by atoms with Crippen LogP contribution in [0.2, 0.25) is 0 Å². The number of carbonyl (C=O) groups excluding carboxylic acids is 1. The molecule has 0 amide bonds. The number of anilines is 1. The average molecular weight is 325 g/mol. The summed E-state index contributed by atoms with van der Waals surface area (Å²) in [5, 5.41) is 0. The highest BCUT2D eigenvalue weighted by molar-refractivity contribution is 7.92. The smallest absolute Gasteiger partial charge is 0.272 e. The summed E-state index contributed by atoms with van der Waals surface area (Å²) >= 11 is 4.69. The van der Waals surface area contributed by atoms with Gasteiger partial charge in [0.25, 0.3) is 15.6 Å². The minimum Gasteiger partial charge on any atom is -0.337 e. The molecule has 110 valence electrons. The molecule has 0 atom stereocenters. The third kappa shape index (κ3) is 3.44. The van der Waals surface area contributed by atoms with Crippen LogP contribution >= 0.6 is 12.2 Å². The minimum atomic E-state index is -4.05. The van der Waals surface area contributed by atoms with E-state index in [-0.39, 0.29) is 16.2 Å². The summed E-state index contributed by atoms with van der Waals surface area (Å²) < 4.78 is 26.5. The van der Waals surface area contributed by atoms with Gasteiger partial charge in [0.05, 0.1) is 0 Å². The van der Waals surface area contributed by atoms with Crippen LogP contribution in [0.4, 0.5) is 5.69 Å². The Morgan fingerprint density at radius 3 is 2.38 bits per heavy atom. The van der Waals surface area contributed by atoms with Gasteiger partial charge in [0.15, 0.2) is 15.4 Å². The van der Waals surface area contributed by atoms with Crippen molar-refractivity contribution >= 4 is 33.7 Å². The summed E-state index contributed by atoms with van der Waals surface area (Å²) in [5.41, 5.74) is -0.118. The standard InChI is InChI=1S/C12H11N3O4S2/c1-7(16)8-2-4-9(5-3-8)15-21(18,19)10-6-13-12(20)14-11(10)17/h2-6,15H,1H3,(H2,13,14,17,20). The van der Waals surface area contributed by atoms with Gasteiger partial charge in [-0.25, -0.2) is 8.42 Å². The summed E-state index contributed by atoms with van der Waals surface area (Å²) in [4.78, 5) is 26.9. The Balaban J connectivity index is 2.35. The third-order valence-electron chi connectivity index (χ3n) is 2.62. The molecule has 0 aliphatic heterocycles. The second-order valence-electron chi connectivity index (χ2n) is 4.18. The first-order chi connectivity index (χ1) is 9.79. The lowest BCUT2D eigenvalue weighted by Crippen LogP contribution is -2.23. The zero-order chi connectivity index (χ0) is 15.6. The first-order valence-electron chi connectivity index (χ1n) is 5.75. The van der Waals surface area contributed by atoms with Crippen LogP contribution in [-0.4, -0.2) is 24.2 Å². The first-order valence-corrected chi connectivity index (χ1v) is 7.64. The molecule has 0 aliphatic carbocycles. The molecule has 1 aromatic heterocycles. The molecule has 0 saturated heterocycles. The number of hydrogen-bond donors (Lipinski definition) is 3. The van der Waals surface area contributed by atoms with Gasteiger partial charge < -0.3 is 4.98 Å². The molecule has 0 aliphatic rings. The molecule has 2 rings (SSSR count). The molecular formula is C12H11N3O4S2. The number of sulfonamides is 1. The Hall–Kier alpha value is -2.26. The number of hydrogen-bond acceptors (Lipinski definition) is 5. The largest absolute Gasteiger partial charge is 0.337 e. The Kier molecular flexibility index (Phi) is 4.05. The van der Waals surface area contributed by atoms with Crippen molar-refractivity contribution in [1.82, 2.24) is 9.97 Å². The molecule has 0 bridgehead atoms. The molecule has 2 aromatic rings. The summed E-state index contributed by atoms with van der Waals surface area (Å²) in [6, 6.07) is 5.85. The van der Waals surface area contributed by atoms with Crippen LogP contribution in [0.15, 0.2) is 40.2 Å². The number of aromatic nitrogens is 2. The highest BCUT2D eigenvalue weighted by Gasteiger charge is 2.18. The van der Waals surface area contributed by atoms with Crippen LogP contribution in [-0.2, 0) is 10.0 Å². The summed E-state index contributed by atoms with van der Waals surface area (Å²) in [6.07, 6.45) is 1.02. The van der Waals surface area contributed by atoms with Gasteiger partial charge >= 0.3 is 0 Å². The number of H-pyrrole nitrogens is 2. The number of benzene rings is 1. The van der Waals surface area contributed by atoms with Gasteiger partial charge in [-0.3, -0.25) is 19.3 Å². The SMILES string of the molecule is CC(=O)c1ccc(NS(=O)(=O)c2c[nH]c(=S)[nH]c2=O)cc1. The molecule has 1 heterocycles. The number of Topliss-reactive ketones (excluding diaryl/α,β-unsaturated/α-hetero) is 1. The van der Waals surface area contributed by atoms with E-state index in [9.17, 15) is 18.0 Å². The molecular weight excluding hydrogens is 314 g/mol. The predicted octanol–water partition coefficient (Wildman–Crippen LogP) is 1.44. The zero-order valence-electron chi connectivity index (χ0n) is 10.8. The molecule has 1 aromatic carbocycles. The second-order valence-corrected chi connectivity index (χ2v) is 6.23. The van der Waals surface area contributed by atoms with Crippen molar-refractivity contribution in [3.05, 3.63) is 51.2 Å². The maximum Gasteiger partial charge on any atom is 0.272 e. The van der Waals surface area contributed by atoms with Gasteiger partial charge in [0.1, 0.15) is 0 Å². The van der Waals surface area contributed by atoms with E-state index in [2.05, 4.69) is 14.7 Å². The topological polar surface area (TPSA) is 112 Å². The Morgan fingerprint density at radius 1 is 1.24 bits per heavy atom. The molecule has 3 N–H and O–H groups in total. The molecule has 21 heavy (non-hydrogen) atoms. The maximum atomic E-state index is 12.1. The summed E-state index contributed by atoms with van der Waals surface area (Å²) in [5.74, 6) is -0.128. The lowest BCUT2D eigenvalue weighted by atomic mass is 10.1. The van der Waals surface area contributed by atoms with Crippen LogP contribution in [0, 0.1) is 4.77 Å². The van der Waals surface area contributed by atoms with Crippen molar-refractivity contribution in [3.8, 4) is 0 Å². The van der Waals surface area contributed by atoms with E-state index < -0.39 is 20.5 Å². The van der Waals surface area contributed by atoms with Crippen LogP contribution < -0.4 is 10.3 Å². The van der Waals surface area contributed by atoms with Crippen molar-refractivity contribution in [2.45, 2.75) is 11.8 Å². The highest BCUT2D eigenvalue weighted by Crippen LogP contribution is 2.14. The maximum absolute atomic E-state index is 12.1. The van der Waals surface area contributed by atoms with Crippen LogP contribution in [0.3, 0.4) is 0 Å². The molecule has 0 radical (unpaired) electrons. The van der Waals surface area contributed by atoms with E-state index >= 15 is 0 Å². The van der Waals surface area contributed by atoms with E-state index in [1.807, 2.05) is 0 Å². The van der Waals surface area contributed by atoms with Crippen LogP contribution in [0.25, 0.3) is 0 Å². The summed E-state index contributed by atoms with van der Waals surface area (Å²) in [7, 11) is -4.05. The molecule has 9 heteroatoms. The molecule has 0 fully saturated rings. The van der Waals surface area contributed by atoms with Gasteiger partial charge in [-0.2, -0.15) is 0 Å². The van der Waals surface area contributed by atoms with Crippen molar-refractivity contribution < 1.29 is 13.2 Å². The Bertz CT molecular complexity index is 895.